The summed E-state index contributed by atoms with van der Waals surface area (Å²) in [7, 11) is 0. The molecule has 0 aliphatic carbocycles. The van der Waals surface area contributed by atoms with E-state index in [0.717, 1.165) is 5.56 Å². The number of aromatic hydroxyl groups is 1. The van der Waals surface area contributed by atoms with Crippen LogP contribution in [0.25, 0.3) is 0 Å². The van der Waals surface area contributed by atoms with Crippen molar-refractivity contribution in [2.45, 2.75) is 0 Å². The number of nitrogens with one attached hydrogen (secondary N) is 1. The van der Waals surface area contributed by atoms with E-state index >= 15 is 0 Å². The molecule has 3 nitrogen and oxygen atoms in total. The summed E-state index contributed by atoms with van der Waals surface area (Å²) in [5.74, 6) is -0.0632. The molecule has 0 aliphatic heterocycles. The first kappa shape index (κ1) is 11.1. The van der Waals surface area contributed by atoms with Crippen molar-refractivity contribution >= 4 is 11.9 Å². The molecule has 2 N–H and O–H groups in total. The second kappa shape index (κ2) is 5.12. The van der Waals surface area contributed by atoms with Gasteiger partial charge in [-0.3, -0.25) is 5.43 Å². The summed E-state index contributed by atoms with van der Waals surface area (Å²) in [5.41, 5.74) is 4.34. The van der Waals surface area contributed by atoms with Crippen LogP contribution < -0.4 is 5.43 Å². The molecule has 4 heteroatoms. The zero-order valence-corrected chi connectivity index (χ0v) is 8.97. The molecule has 17 heavy (non-hydrogen) atoms. The van der Waals surface area contributed by atoms with Crippen LogP contribution in [0.5, 0.6) is 5.75 Å². The topological polar surface area (TPSA) is 44.6 Å². The van der Waals surface area contributed by atoms with Crippen molar-refractivity contribution in [1.82, 2.24) is 0 Å². The summed E-state index contributed by atoms with van der Waals surface area (Å²) in [6.45, 7) is 0. The summed E-state index contributed by atoms with van der Waals surface area (Å²) >= 11 is 0. The Morgan fingerprint density at radius 1 is 1.00 bits per heavy atom. The van der Waals surface area contributed by atoms with Gasteiger partial charge in [-0.05, 0) is 54.1 Å². The van der Waals surface area contributed by atoms with E-state index < -0.39 is 0 Å². The summed E-state index contributed by atoms with van der Waals surface area (Å²) in [6.07, 6.45) is 1.61. The molecule has 0 unspecified atom stereocenters. The van der Waals surface area contributed by atoms with E-state index in [-0.39, 0.29) is 11.6 Å². The van der Waals surface area contributed by atoms with E-state index in [4.69, 9.17) is 5.11 Å². The van der Waals surface area contributed by atoms with Gasteiger partial charge < -0.3 is 5.11 Å². The highest BCUT2D eigenvalue weighted by Gasteiger charge is 1.91. The molecule has 0 heterocycles. The van der Waals surface area contributed by atoms with Gasteiger partial charge in [0.25, 0.3) is 0 Å². The monoisotopic (exact) mass is 230 g/mol. The Kier molecular flexibility index (Phi) is 3.35. The molecular formula is C13H11FN2O. The maximum atomic E-state index is 12.6. The number of hydrazone groups is 1. The minimum Gasteiger partial charge on any atom is -0.508 e. The van der Waals surface area contributed by atoms with Crippen LogP contribution in [-0.2, 0) is 0 Å². The highest BCUT2D eigenvalue weighted by molar-refractivity contribution is 5.80. The zero-order chi connectivity index (χ0) is 12.1. The molecule has 0 radical (unpaired) electrons. The fraction of sp³-hybridized carbons (Fsp3) is 0. The van der Waals surface area contributed by atoms with Crippen molar-refractivity contribution in [3.05, 3.63) is 59.9 Å². The molecule has 0 bridgehead atoms. The minimum absolute atomic E-state index is 0.216. The average Bonchev–Trinajstić information content (AvgIpc) is 2.34. The standard InChI is InChI=1S/C13H11FN2O/c14-11-3-5-12(6-4-11)16-15-9-10-1-7-13(17)8-2-10/h1-9,16-17H/b15-9+. The van der Waals surface area contributed by atoms with E-state index in [1.165, 1.54) is 12.1 Å². The lowest BCUT2D eigenvalue weighted by Crippen LogP contribution is -1.90. The number of rotatable bonds is 3. The van der Waals surface area contributed by atoms with Crippen LogP contribution >= 0.6 is 0 Å². The third-order valence-electron chi connectivity index (χ3n) is 2.14. The second-order valence-electron chi connectivity index (χ2n) is 3.47. The first-order valence-corrected chi connectivity index (χ1v) is 5.08. The molecule has 0 aliphatic rings. The van der Waals surface area contributed by atoms with Crippen molar-refractivity contribution in [3.63, 3.8) is 0 Å². The Hall–Kier alpha value is -2.36. The first-order chi connectivity index (χ1) is 8.24. The maximum absolute atomic E-state index is 12.6. The normalized spacial score (nSPS) is 10.6. The van der Waals surface area contributed by atoms with Gasteiger partial charge in [-0.15, -0.1) is 0 Å². The van der Waals surface area contributed by atoms with Crippen LogP contribution in [0.1, 0.15) is 5.56 Å². The van der Waals surface area contributed by atoms with Crippen LogP contribution in [0.15, 0.2) is 53.6 Å². The number of anilines is 1. The Labute approximate surface area is 98.2 Å². The lowest BCUT2D eigenvalue weighted by Gasteiger charge is -1.99. The van der Waals surface area contributed by atoms with E-state index in [9.17, 15) is 4.39 Å². The molecule has 0 amide bonds. The van der Waals surface area contributed by atoms with Crippen molar-refractivity contribution in [2.24, 2.45) is 5.10 Å². The zero-order valence-electron chi connectivity index (χ0n) is 8.97. The molecule has 2 aromatic carbocycles. The quantitative estimate of drug-likeness (QED) is 0.629. The lowest BCUT2D eigenvalue weighted by molar-refractivity contribution is 0.475. The number of nitrogens with zero attached hydrogens (tertiary/aromatic N) is 1. The lowest BCUT2D eigenvalue weighted by atomic mass is 10.2. The number of phenols is 1. The average molecular weight is 230 g/mol. The maximum Gasteiger partial charge on any atom is 0.123 e. The van der Waals surface area contributed by atoms with E-state index in [1.54, 1.807) is 42.6 Å². The van der Waals surface area contributed by atoms with Gasteiger partial charge in [0.2, 0.25) is 0 Å². The van der Waals surface area contributed by atoms with Crippen LogP contribution in [0.4, 0.5) is 10.1 Å². The van der Waals surface area contributed by atoms with Crippen molar-refractivity contribution in [3.8, 4) is 5.75 Å². The van der Waals surface area contributed by atoms with Gasteiger partial charge in [-0.2, -0.15) is 5.10 Å². The number of hydrogen-bond donors (Lipinski definition) is 2. The molecule has 0 atom stereocenters. The predicted molar refractivity (Wildman–Crippen MR) is 65.7 cm³/mol. The fourth-order valence-electron chi connectivity index (χ4n) is 1.27. The summed E-state index contributed by atoms with van der Waals surface area (Å²) in [5, 5.41) is 13.1. The summed E-state index contributed by atoms with van der Waals surface area (Å²) in [6, 6.07) is 12.6. The number of phenolic OH excluding ortho intramolecular Hbond substituents is 1. The molecule has 2 rings (SSSR count). The fourth-order valence-corrected chi connectivity index (χ4v) is 1.27. The Morgan fingerprint density at radius 2 is 1.65 bits per heavy atom. The van der Waals surface area contributed by atoms with Crippen LogP contribution in [-0.4, -0.2) is 11.3 Å². The van der Waals surface area contributed by atoms with Crippen molar-refractivity contribution in [1.29, 1.82) is 0 Å². The second-order valence-corrected chi connectivity index (χ2v) is 3.47. The number of hydrogen-bond acceptors (Lipinski definition) is 3. The number of benzene rings is 2. The van der Waals surface area contributed by atoms with Crippen molar-refractivity contribution in [2.75, 3.05) is 5.43 Å². The molecule has 0 saturated carbocycles. The smallest absolute Gasteiger partial charge is 0.123 e. The van der Waals surface area contributed by atoms with Crippen LogP contribution in [0.3, 0.4) is 0 Å². The van der Waals surface area contributed by atoms with Gasteiger partial charge in [-0.1, -0.05) is 0 Å². The van der Waals surface area contributed by atoms with E-state index in [0.29, 0.717) is 5.69 Å². The Morgan fingerprint density at radius 3 is 2.29 bits per heavy atom. The Balaban J connectivity index is 1.97. The first-order valence-electron chi connectivity index (χ1n) is 5.08. The molecule has 0 saturated heterocycles. The minimum atomic E-state index is -0.280. The van der Waals surface area contributed by atoms with E-state index in [2.05, 4.69) is 10.5 Å². The van der Waals surface area contributed by atoms with Gasteiger partial charge >= 0.3 is 0 Å². The SMILES string of the molecule is Oc1ccc(/C=N/Nc2ccc(F)cc2)cc1. The third-order valence-corrected chi connectivity index (χ3v) is 2.14. The van der Waals surface area contributed by atoms with Crippen LogP contribution in [0.2, 0.25) is 0 Å². The highest BCUT2D eigenvalue weighted by Crippen LogP contribution is 2.09. The molecule has 0 aromatic heterocycles. The largest absolute Gasteiger partial charge is 0.508 e. The number of halogens is 1. The molecule has 0 spiro atoms. The highest BCUT2D eigenvalue weighted by atomic mass is 19.1. The van der Waals surface area contributed by atoms with Gasteiger partial charge in [0.1, 0.15) is 11.6 Å². The third kappa shape index (κ3) is 3.31. The summed E-state index contributed by atoms with van der Waals surface area (Å²) < 4.78 is 12.6. The molecular weight excluding hydrogens is 219 g/mol. The predicted octanol–water partition coefficient (Wildman–Crippen LogP) is 2.98. The Bertz CT molecular complexity index is 506. The van der Waals surface area contributed by atoms with E-state index in [1.807, 2.05) is 0 Å². The van der Waals surface area contributed by atoms with Gasteiger partial charge in [0.15, 0.2) is 0 Å². The molecule has 0 fully saturated rings. The molecule has 86 valence electrons. The van der Waals surface area contributed by atoms with Crippen molar-refractivity contribution < 1.29 is 9.50 Å². The van der Waals surface area contributed by atoms with Gasteiger partial charge in [0.05, 0.1) is 11.9 Å². The van der Waals surface area contributed by atoms with Gasteiger partial charge in [0, 0.05) is 0 Å². The molecule has 2 aromatic rings. The summed E-state index contributed by atoms with van der Waals surface area (Å²) in [4.78, 5) is 0. The van der Waals surface area contributed by atoms with Gasteiger partial charge in [-0.25, -0.2) is 4.39 Å². The van der Waals surface area contributed by atoms with Crippen LogP contribution in [0, 0.1) is 5.82 Å².